The third-order valence-electron chi connectivity index (χ3n) is 6.65. The van der Waals surface area contributed by atoms with Crippen molar-refractivity contribution in [2.45, 2.75) is 44.0 Å². The van der Waals surface area contributed by atoms with E-state index in [1.54, 1.807) is 24.3 Å². The van der Waals surface area contributed by atoms with Crippen molar-refractivity contribution in [3.05, 3.63) is 39.9 Å². The SMILES string of the molecule is C[C@H]1[C@H](NC(=O)/C(=N\OC(COc2ccc(C(=N)N[C@H]3CCCNC3)cc2)C(=O)O)c2nc(N)sc2Cl)C(=O)N1S(=O)(=O)O. The molecule has 2 aliphatic rings. The molecule has 0 radical (unpaired) electrons. The second kappa shape index (κ2) is 13.7. The molecule has 0 saturated carbocycles. The molecule has 2 amide bonds. The molecular formula is C24H29ClN8O9S2. The second-order valence-corrected chi connectivity index (χ2v) is 12.7. The smallest absolute Gasteiger partial charge is 0.362 e. The first-order chi connectivity index (χ1) is 20.8. The Morgan fingerprint density at radius 3 is 2.59 bits per heavy atom. The summed E-state index contributed by atoms with van der Waals surface area (Å²) >= 11 is 6.91. The lowest BCUT2D eigenvalue weighted by molar-refractivity contribution is -0.152. The molecule has 0 spiro atoms. The molecule has 3 heterocycles. The van der Waals surface area contributed by atoms with Crippen LogP contribution in [0, 0.1) is 5.41 Å². The second-order valence-electron chi connectivity index (χ2n) is 9.75. The average Bonchev–Trinajstić information content (AvgIpc) is 3.30. The van der Waals surface area contributed by atoms with E-state index in [-0.39, 0.29) is 37.1 Å². The molecule has 4 rings (SSSR count). The van der Waals surface area contributed by atoms with Crippen LogP contribution in [-0.2, 0) is 29.5 Å². The predicted octanol–water partition coefficient (Wildman–Crippen LogP) is -0.183. The summed E-state index contributed by atoms with van der Waals surface area (Å²) in [6, 6.07) is 4.01. The number of benzene rings is 1. The van der Waals surface area contributed by atoms with Crippen molar-refractivity contribution in [1.29, 1.82) is 5.41 Å². The zero-order chi connectivity index (χ0) is 32.2. The van der Waals surface area contributed by atoms with Crippen molar-refractivity contribution >= 4 is 67.7 Å². The first-order valence-electron chi connectivity index (χ1n) is 13.1. The third-order valence-corrected chi connectivity index (χ3v) is 8.74. The lowest BCUT2D eigenvalue weighted by atomic mass is 10.0. The number of amidine groups is 1. The molecule has 17 nitrogen and oxygen atoms in total. The number of halogens is 1. The zero-order valence-electron chi connectivity index (χ0n) is 23.0. The summed E-state index contributed by atoms with van der Waals surface area (Å²) in [5, 5.41) is 30.2. The van der Waals surface area contributed by atoms with Gasteiger partial charge in [-0.1, -0.05) is 28.1 Å². The number of rotatable bonds is 12. The van der Waals surface area contributed by atoms with E-state index in [1.807, 2.05) is 0 Å². The van der Waals surface area contributed by atoms with Gasteiger partial charge in [-0.25, -0.2) is 14.1 Å². The molecule has 2 fully saturated rings. The number of anilines is 1. The van der Waals surface area contributed by atoms with Gasteiger partial charge in [0.05, 0.1) is 6.04 Å². The number of carbonyl (C=O) groups excluding carboxylic acids is 2. The van der Waals surface area contributed by atoms with Crippen LogP contribution in [0.5, 0.6) is 5.75 Å². The van der Waals surface area contributed by atoms with Gasteiger partial charge in [-0.15, -0.1) is 0 Å². The summed E-state index contributed by atoms with van der Waals surface area (Å²) in [6.45, 7) is 2.42. The van der Waals surface area contributed by atoms with E-state index in [4.69, 9.17) is 32.3 Å². The van der Waals surface area contributed by atoms with Crippen LogP contribution in [0.1, 0.15) is 31.0 Å². The van der Waals surface area contributed by atoms with Crippen molar-refractivity contribution in [2.75, 3.05) is 25.4 Å². The van der Waals surface area contributed by atoms with Crippen LogP contribution in [-0.4, -0.2) is 101 Å². The van der Waals surface area contributed by atoms with Crippen molar-refractivity contribution in [3.8, 4) is 5.75 Å². The van der Waals surface area contributed by atoms with Gasteiger partial charge >= 0.3 is 16.3 Å². The molecule has 20 heteroatoms. The highest BCUT2D eigenvalue weighted by Gasteiger charge is 2.51. The van der Waals surface area contributed by atoms with Crippen LogP contribution < -0.4 is 26.4 Å². The predicted molar refractivity (Wildman–Crippen MR) is 158 cm³/mol. The van der Waals surface area contributed by atoms with Gasteiger partial charge in [0.15, 0.2) is 10.8 Å². The third kappa shape index (κ3) is 7.72. The minimum atomic E-state index is -4.85. The average molecular weight is 673 g/mol. The maximum Gasteiger partial charge on any atom is 0.362 e. The van der Waals surface area contributed by atoms with E-state index in [0.717, 1.165) is 37.3 Å². The number of hydrogen-bond donors (Lipinski definition) is 7. The van der Waals surface area contributed by atoms with Crippen molar-refractivity contribution in [2.24, 2.45) is 5.16 Å². The van der Waals surface area contributed by atoms with Gasteiger partial charge in [-0.05, 0) is 50.6 Å². The van der Waals surface area contributed by atoms with Gasteiger partial charge in [0, 0.05) is 18.2 Å². The topological polar surface area (TPSA) is 259 Å². The molecule has 0 aliphatic carbocycles. The number of aromatic nitrogens is 1. The van der Waals surface area contributed by atoms with Gasteiger partial charge in [0.1, 0.15) is 34.3 Å². The van der Waals surface area contributed by atoms with Crippen molar-refractivity contribution in [1.82, 2.24) is 25.2 Å². The van der Waals surface area contributed by atoms with E-state index in [9.17, 15) is 32.5 Å². The molecule has 1 aromatic carbocycles. The van der Waals surface area contributed by atoms with Gasteiger partial charge < -0.3 is 36.4 Å². The number of nitrogens with zero attached hydrogens (tertiary/aromatic N) is 3. The molecule has 44 heavy (non-hydrogen) atoms. The number of ether oxygens (including phenoxy) is 1. The number of hydrogen-bond acceptors (Lipinski definition) is 13. The fourth-order valence-electron chi connectivity index (χ4n) is 4.38. The highest BCUT2D eigenvalue weighted by Crippen LogP contribution is 2.28. The summed E-state index contributed by atoms with van der Waals surface area (Å²) < 4.78 is 37.5. The van der Waals surface area contributed by atoms with E-state index in [1.165, 1.54) is 6.92 Å². The fourth-order valence-corrected chi connectivity index (χ4v) is 6.20. The number of β-lactam (4-membered cyclic amide) rings is 1. The number of piperidine rings is 1. The number of amides is 2. The minimum absolute atomic E-state index is 0.0589. The van der Waals surface area contributed by atoms with E-state index in [0.29, 0.717) is 5.56 Å². The molecule has 2 aromatic rings. The Kier molecular flexibility index (Phi) is 10.3. The van der Waals surface area contributed by atoms with Crippen LogP contribution >= 0.6 is 22.9 Å². The lowest BCUT2D eigenvalue weighted by Gasteiger charge is -2.42. The molecular weight excluding hydrogens is 644 g/mol. The van der Waals surface area contributed by atoms with Crippen molar-refractivity contribution < 1.29 is 42.0 Å². The van der Waals surface area contributed by atoms with Crippen LogP contribution in [0.15, 0.2) is 29.4 Å². The van der Waals surface area contributed by atoms with E-state index < -0.39 is 58.6 Å². The molecule has 1 unspecified atom stereocenters. The van der Waals surface area contributed by atoms with Gasteiger partial charge in [0.25, 0.3) is 17.9 Å². The fraction of sp³-hybridized carbons (Fsp3) is 0.417. The molecule has 238 valence electrons. The summed E-state index contributed by atoms with van der Waals surface area (Å²) in [6.07, 6.45) is 0.233. The molecule has 2 saturated heterocycles. The number of nitrogens with two attached hydrogens (primary N) is 1. The molecule has 1 aromatic heterocycles. The summed E-state index contributed by atoms with van der Waals surface area (Å²) in [5.74, 6) is -3.21. The Hall–Kier alpha value is -4.04. The van der Waals surface area contributed by atoms with Crippen LogP contribution in [0.3, 0.4) is 0 Å². The van der Waals surface area contributed by atoms with Crippen LogP contribution in [0.2, 0.25) is 4.34 Å². The molecule has 0 bridgehead atoms. The van der Waals surface area contributed by atoms with Crippen LogP contribution in [0.25, 0.3) is 0 Å². The van der Waals surface area contributed by atoms with E-state index >= 15 is 0 Å². The molecule has 8 N–H and O–H groups in total. The van der Waals surface area contributed by atoms with Gasteiger partial charge in [-0.3, -0.25) is 19.6 Å². The van der Waals surface area contributed by atoms with Crippen LogP contribution in [0.4, 0.5) is 5.13 Å². The molecule has 4 atom stereocenters. The van der Waals surface area contributed by atoms with E-state index in [2.05, 4.69) is 26.1 Å². The Labute approximate surface area is 260 Å². The number of aliphatic carboxylic acids is 1. The van der Waals surface area contributed by atoms with Gasteiger partial charge in [0.2, 0.25) is 0 Å². The zero-order valence-corrected chi connectivity index (χ0v) is 25.4. The number of carboxylic acids is 1. The summed E-state index contributed by atoms with van der Waals surface area (Å²) in [5.41, 5.74) is 5.34. The first-order valence-corrected chi connectivity index (χ1v) is 15.6. The largest absolute Gasteiger partial charge is 0.489 e. The normalized spacial score (nSPS) is 21.2. The quantitative estimate of drug-likeness (QED) is 0.0508. The summed E-state index contributed by atoms with van der Waals surface area (Å²) in [7, 11) is -4.85. The van der Waals surface area contributed by atoms with Gasteiger partial charge in [-0.2, -0.15) is 8.42 Å². The number of nitrogen functional groups attached to an aromatic ring is 1. The number of oxime groups is 1. The highest BCUT2D eigenvalue weighted by atomic mass is 35.5. The Morgan fingerprint density at radius 2 is 2.05 bits per heavy atom. The number of thiazole rings is 1. The summed E-state index contributed by atoms with van der Waals surface area (Å²) in [4.78, 5) is 46.2. The molecule has 2 aliphatic heterocycles. The number of carbonyl (C=O) groups is 3. The minimum Gasteiger partial charge on any atom is -0.489 e. The highest BCUT2D eigenvalue weighted by molar-refractivity contribution is 7.84. The monoisotopic (exact) mass is 672 g/mol. The number of nitrogens with one attached hydrogen (secondary N) is 4. The number of carboxylic acid groups (broad SMARTS) is 1. The van der Waals surface area contributed by atoms with Crippen molar-refractivity contribution in [3.63, 3.8) is 0 Å². The Balaban J connectivity index is 1.43. The maximum absolute atomic E-state index is 13.1. The standard InChI is InChI=1S/C24H29ClN8O9S2/c1-11-16(22(35)33(11)44(38,39)40)30-21(34)18(17-19(25)43-24(27)31-17)32-42-15(23(36)37)10-41-14-6-4-12(5-7-14)20(26)29-13-3-2-8-28-9-13/h4-7,11,13,15-16,28H,2-3,8-10H2,1H3,(H2,26,29)(H2,27,31)(H,30,34)(H,36,37)(H,38,39,40)/b32-18-/t11-,13-,15?,16-/m0/s1. The first kappa shape index (κ1) is 32.9. The maximum atomic E-state index is 13.1. The Morgan fingerprint density at radius 1 is 1.34 bits per heavy atom. The Bertz CT molecular complexity index is 1560. The lowest BCUT2D eigenvalue weighted by Crippen LogP contribution is -2.71.